The molecule has 0 aliphatic carbocycles. The van der Waals surface area contributed by atoms with Crippen LogP contribution in [0.15, 0.2) is 77.7 Å². The van der Waals surface area contributed by atoms with Crippen molar-refractivity contribution in [2.75, 3.05) is 30.6 Å². The van der Waals surface area contributed by atoms with Crippen molar-refractivity contribution in [1.29, 1.82) is 0 Å². The lowest BCUT2D eigenvalue weighted by Gasteiger charge is -2.26. The number of ether oxygens (including phenoxy) is 2. The number of carbonyl (C=O) groups excluding carboxylic acids is 1. The predicted octanol–water partition coefficient (Wildman–Crippen LogP) is 3.54. The molecule has 0 spiro atoms. The van der Waals surface area contributed by atoms with E-state index in [1.165, 1.54) is 24.3 Å². The molecule has 1 amide bonds. The molecule has 34 heavy (non-hydrogen) atoms. The molecule has 0 fully saturated rings. The summed E-state index contributed by atoms with van der Waals surface area (Å²) in [5, 5.41) is 2.78. The van der Waals surface area contributed by atoms with Crippen LogP contribution in [-0.2, 0) is 21.2 Å². The van der Waals surface area contributed by atoms with E-state index >= 15 is 0 Å². The third-order valence-electron chi connectivity index (χ3n) is 5.31. The maximum atomic E-state index is 13.4. The van der Waals surface area contributed by atoms with Crippen molar-refractivity contribution in [3.05, 3.63) is 84.2 Å². The Bertz CT molecular complexity index is 1230. The quantitative estimate of drug-likeness (QED) is 0.470. The molecular weight excluding hydrogens is 459 g/mol. The van der Waals surface area contributed by atoms with Gasteiger partial charge in [-0.05, 0) is 54.8 Å². The summed E-state index contributed by atoms with van der Waals surface area (Å²) in [6.45, 7) is 0.735. The number of sulfonamides is 1. The molecule has 0 unspecified atom stereocenters. The van der Waals surface area contributed by atoms with Gasteiger partial charge in [0.05, 0.1) is 10.6 Å². The lowest BCUT2D eigenvalue weighted by Crippen LogP contribution is -2.41. The van der Waals surface area contributed by atoms with Gasteiger partial charge in [-0.2, -0.15) is 0 Å². The molecule has 1 N–H and O–H groups in total. The number of halogens is 1. The highest BCUT2D eigenvalue weighted by Crippen LogP contribution is 2.35. The van der Waals surface area contributed by atoms with Gasteiger partial charge in [0.25, 0.3) is 10.0 Å². The molecule has 0 aromatic heterocycles. The van der Waals surface area contributed by atoms with Gasteiger partial charge >= 0.3 is 0 Å². The number of fused-ring (bicyclic) bond motifs is 1. The molecular formula is C25H25FN2O5S. The van der Waals surface area contributed by atoms with E-state index in [0.717, 1.165) is 9.87 Å². The van der Waals surface area contributed by atoms with E-state index in [-0.39, 0.29) is 10.7 Å². The molecule has 0 radical (unpaired) electrons. The number of hydrogen-bond donors (Lipinski definition) is 1. The fraction of sp³-hybridized carbons (Fsp3) is 0.240. The molecule has 0 saturated carbocycles. The standard InChI is InChI=1S/C25H25FN2O5S/c26-20-10-8-19(9-11-20)5-4-14-27-25(29)18-28(34(30,31)22-6-2-1-3-7-22)21-12-13-23-24(17-21)33-16-15-32-23/h1-3,6-13,17H,4-5,14-16,18H2,(H,27,29). The molecule has 0 saturated heterocycles. The van der Waals surface area contributed by atoms with Crippen LogP contribution in [0.1, 0.15) is 12.0 Å². The number of anilines is 1. The largest absolute Gasteiger partial charge is 0.486 e. The molecule has 1 heterocycles. The van der Waals surface area contributed by atoms with Crippen LogP contribution in [0, 0.1) is 5.82 Å². The summed E-state index contributed by atoms with van der Waals surface area (Å²) in [6.07, 6.45) is 1.29. The minimum atomic E-state index is -4.01. The zero-order valence-corrected chi connectivity index (χ0v) is 19.3. The fourth-order valence-electron chi connectivity index (χ4n) is 3.58. The van der Waals surface area contributed by atoms with Gasteiger partial charge in [-0.25, -0.2) is 12.8 Å². The maximum absolute atomic E-state index is 13.4. The Balaban J connectivity index is 1.48. The van der Waals surface area contributed by atoms with Gasteiger partial charge in [0.2, 0.25) is 5.91 Å². The normalized spacial score (nSPS) is 12.7. The van der Waals surface area contributed by atoms with Crippen molar-refractivity contribution >= 4 is 21.6 Å². The lowest BCUT2D eigenvalue weighted by molar-refractivity contribution is -0.119. The zero-order chi connectivity index (χ0) is 24.0. The zero-order valence-electron chi connectivity index (χ0n) is 18.4. The van der Waals surface area contributed by atoms with Gasteiger partial charge in [0.1, 0.15) is 25.6 Å². The lowest BCUT2D eigenvalue weighted by atomic mass is 10.1. The number of nitrogens with one attached hydrogen (secondary N) is 1. The molecule has 0 bridgehead atoms. The Kier molecular flexibility index (Phi) is 7.32. The number of aryl methyl sites for hydroxylation is 1. The van der Waals surface area contributed by atoms with Crippen LogP contribution in [0.3, 0.4) is 0 Å². The predicted molar refractivity (Wildman–Crippen MR) is 126 cm³/mol. The first-order chi connectivity index (χ1) is 16.4. The number of rotatable bonds is 9. The number of nitrogens with zero attached hydrogens (tertiary/aromatic N) is 1. The van der Waals surface area contributed by atoms with Gasteiger partial charge in [-0.15, -0.1) is 0 Å². The van der Waals surface area contributed by atoms with Crippen LogP contribution in [0.2, 0.25) is 0 Å². The number of amides is 1. The summed E-state index contributed by atoms with van der Waals surface area (Å²) in [5.74, 6) is 0.221. The average molecular weight is 485 g/mol. The second kappa shape index (κ2) is 10.6. The van der Waals surface area contributed by atoms with E-state index in [0.29, 0.717) is 49.8 Å². The van der Waals surface area contributed by atoms with E-state index in [9.17, 15) is 17.6 Å². The molecule has 7 nitrogen and oxygen atoms in total. The smallest absolute Gasteiger partial charge is 0.264 e. The van der Waals surface area contributed by atoms with Crippen molar-refractivity contribution in [3.63, 3.8) is 0 Å². The third kappa shape index (κ3) is 5.66. The number of carbonyl (C=O) groups is 1. The van der Waals surface area contributed by atoms with Crippen molar-refractivity contribution in [2.45, 2.75) is 17.7 Å². The van der Waals surface area contributed by atoms with Crippen LogP contribution >= 0.6 is 0 Å². The summed E-state index contributed by atoms with van der Waals surface area (Å²) in [7, 11) is -4.01. The van der Waals surface area contributed by atoms with Gasteiger partial charge in [0, 0.05) is 12.6 Å². The van der Waals surface area contributed by atoms with Crippen molar-refractivity contribution in [3.8, 4) is 11.5 Å². The number of hydrogen-bond acceptors (Lipinski definition) is 5. The minimum absolute atomic E-state index is 0.0778. The highest BCUT2D eigenvalue weighted by atomic mass is 32.2. The monoisotopic (exact) mass is 484 g/mol. The fourth-order valence-corrected chi connectivity index (χ4v) is 5.01. The molecule has 1 aliphatic heterocycles. The first kappa shape index (κ1) is 23.6. The number of benzene rings is 3. The topological polar surface area (TPSA) is 84.9 Å². The van der Waals surface area contributed by atoms with Gasteiger partial charge in [-0.3, -0.25) is 9.10 Å². The summed E-state index contributed by atoms with van der Waals surface area (Å²) in [5.41, 5.74) is 1.26. The van der Waals surface area contributed by atoms with E-state index < -0.39 is 22.5 Å². The minimum Gasteiger partial charge on any atom is -0.486 e. The average Bonchev–Trinajstić information content (AvgIpc) is 2.86. The molecule has 178 valence electrons. The Labute approximate surface area is 198 Å². The summed E-state index contributed by atoms with van der Waals surface area (Å²) in [6, 6.07) is 18.9. The first-order valence-electron chi connectivity index (χ1n) is 10.9. The Morgan fingerprint density at radius 2 is 1.65 bits per heavy atom. The van der Waals surface area contributed by atoms with Crippen LogP contribution in [-0.4, -0.2) is 40.6 Å². The van der Waals surface area contributed by atoms with Gasteiger partial charge < -0.3 is 14.8 Å². The Morgan fingerprint density at radius 3 is 2.38 bits per heavy atom. The highest BCUT2D eigenvalue weighted by molar-refractivity contribution is 7.92. The van der Waals surface area contributed by atoms with E-state index in [1.54, 1.807) is 48.5 Å². The molecule has 1 aliphatic rings. The van der Waals surface area contributed by atoms with Crippen LogP contribution < -0.4 is 19.1 Å². The molecule has 3 aromatic rings. The molecule has 9 heteroatoms. The van der Waals surface area contributed by atoms with Crippen molar-refractivity contribution in [1.82, 2.24) is 5.32 Å². The maximum Gasteiger partial charge on any atom is 0.264 e. The first-order valence-corrected chi connectivity index (χ1v) is 12.4. The molecule has 4 rings (SSSR count). The van der Waals surface area contributed by atoms with Gasteiger partial charge in [-0.1, -0.05) is 30.3 Å². The van der Waals surface area contributed by atoms with Gasteiger partial charge in [0.15, 0.2) is 11.5 Å². The summed E-state index contributed by atoms with van der Waals surface area (Å²) < 4.78 is 52.1. The summed E-state index contributed by atoms with van der Waals surface area (Å²) >= 11 is 0. The second-order valence-electron chi connectivity index (χ2n) is 7.73. The van der Waals surface area contributed by atoms with Crippen LogP contribution in [0.25, 0.3) is 0 Å². The third-order valence-corrected chi connectivity index (χ3v) is 7.10. The van der Waals surface area contributed by atoms with Crippen molar-refractivity contribution in [2.24, 2.45) is 0 Å². The van der Waals surface area contributed by atoms with E-state index in [2.05, 4.69) is 5.32 Å². The molecule has 3 aromatic carbocycles. The highest BCUT2D eigenvalue weighted by Gasteiger charge is 2.28. The molecule has 0 atom stereocenters. The Morgan fingerprint density at radius 1 is 0.941 bits per heavy atom. The van der Waals surface area contributed by atoms with Crippen LogP contribution in [0.5, 0.6) is 11.5 Å². The second-order valence-corrected chi connectivity index (χ2v) is 9.59. The van der Waals surface area contributed by atoms with Crippen molar-refractivity contribution < 1.29 is 27.1 Å². The van der Waals surface area contributed by atoms with Crippen LogP contribution in [0.4, 0.5) is 10.1 Å². The SMILES string of the molecule is O=C(CN(c1ccc2c(c1)OCCO2)S(=O)(=O)c1ccccc1)NCCCc1ccc(F)cc1. The Hall–Kier alpha value is -3.59. The van der Waals surface area contributed by atoms with E-state index in [1.807, 2.05) is 0 Å². The van der Waals surface area contributed by atoms with E-state index in [4.69, 9.17) is 9.47 Å². The summed E-state index contributed by atoms with van der Waals surface area (Å²) in [4.78, 5) is 12.8.